The van der Waals surface area contributed by atoms with E-state index in [0.717, 1.165) is 22.0 Å². The Morgan fingerprint density at radius 2 is 1.90 bits per heavy atom. The maximum absolute atomic E-state index is 11.5. The first-order valence-electron chi connectivity index (χ1n) is 6.50. The molecule has 102 valence electrons. The predicted octanol–water partition coefficient (Wildman–Crippen LogP) is 2.16. The third-order valence-electron chi connectivity index (χ3n) is 3.34. The van der Waals surface area contributed by atoms with Crippen molar-refractivity contribution in [1.82, 2.24) is 9.78 Å². The van der Waals surface area contributed by atoms with E-state index in [1.54, 1.807) is 4.68 Å². The molecule has 4 nitrogen and oxygen atoms in total. The molecule has 0 radical (unpaired) electrons. The maximum Gasteiger partial charge on any atom is 0.269 e. The van der Waals surface area contributed by atoms with Gasteiger partial charge in [0.05, 0.1) is 12.1 Å². The number of terminal acetylenes is 1. The van der Waals surface area contributed by atoms with E-state index in [-0.39, 0.29) is 0 Å². The number of nitrogens with zero attached hydrogens (tertiary/aromatic N) is 2. The molecule has 1 amide bonds. The number of rotatable bonds is 3. The molecule has 0 aliphatic heterocycles. The maximum atomic E-state index is 11.5. The van der Waals surface area contributed by atoms with Crippen molar-refractivity contribution in [2.45, 2.75) is 6.54 Å². The molecule has 21 heavy (non-hydrogen) atoms. The normalized spacial score (nSPS) is 10.4. The summed E-state index contributed by atoms with van der Waals surface area (Å²) in [5.74, 6) is 2.06. The Kier molecular flexibility index (Phi) is 3.17. The highest BCUT2D eigenvalue weighted by Crippen LogP contribution is 2.19. The van der Waals surface area contributed by atoms with Crippen LogP contribution in [-0.4, -0.2) is 15.7 Å². The number of amides is 1. The van der Waals surface area contributed by atoms with Crippen molar-refractivity contribution in [3.63, 3.8) is 0 Å². The topological polar surface area (TPSA) is 60.9 Å². The van der Waals surface area contributed by atoms with E-state index < -0.39 is 5.91 Å². The molecule has 2 aromatic carbocycles. The van der Waals surface area contributed by atoms with Crippen LogP contribution in [-0.2, 0) is 6.54 Å². The number of primary amides is 1. The Balaban J connectivity index is 2.04. The first kappa shape index (κ1) is 12.9. The smallest absolute Gasteiger partial charge is 0.269 e. The minimum atomic E-state index is -0.521. The van der Waals surface area contributed by atoms with Gasteiger partial charge < -0.3 is 5.73 Å². The van der Waals surface area contributed by atoms with Crippen molar-refractivity contribution in [2.75, 3.05) is 0 Å². The second-order valence-electron chi connectivity index (χ2n) is 4.73. The highest BCUT2D eigenvalue weighted by molar-refractivity contribution is 6.04. The fourth-order valence-corrected chi connectivity index (χ4v) is 2.31. The Morgan fingerprint density at radius 3 is 2.57 bits per heavy atom. The second kappa shape index (κ2) is 5.14. The number of fused-ring (bicyclic) bond motifs is 1. The fraction of sp³-hybridized carbons (Fsp3) is 0.0588. The number of benzene rings is 2. The monoisotopic (exact) mass is 275 g/mol. The van der Waals surface area contributed by atoms with Gasteiger partial charge in [-0.05, 0) is 23.8 Å². The summed E-state index contributed by atoms with van der Waals surface area (Å²) in [6.07, 6.45) is 5.34. The molecular weight excluding hydrogens is 262 g/mol. The minimum absolute atomic E-state index is 0.297. The standard InChI is InChI=1S/C17H13N3O/c1-2-12-7-9-13(10-8-12)11-20-15-6-4-3-5-14(15)16(19-20)17(18)21/h1,3-10H,11H2,(H2,18,21). The third kappa shape index (κ3) is 2.37. The van der Waals surface area contributed by atoms with Crippen LogP contribution in [0.2, 0.25) is 0 Å². The lowest BCUT2D eigenvalue weighted by atomic mass is 10.1. The number of hydrogen-bond acceptors (Lipinski definition) is 2. The molecular formula is C17H13N3O. The molecule has 0 spiro atoms. The van der Waals surface area contributed by atoms with E-state index in [1.807, 2.05) is 48.5 Å². The summed E-state index contributed by atoms with van der Waals surface area (Å²) in [5.41, 5.74) is 8.46. The van der Waals surface area contributed by atoms with Crippen LogP contribution in [0.4, 0.5) is 0 Å². The summed E-state index contributed by atoms with van der Waals surface area (Å²) in [6.45, 7) is 0.554. The first-order valence-corrected chi connectivity index (χ1v) is 6.50. The number of carbonyl (C=O) groups excluding carboxylic acids is 1. The molecule has 1 aromatic heterocycles. The SMILES string of the molecule is C#Cc1ccc(Cn2nc(C(N)=O)c3ccccc32)cc1. The fourth-order valence-electron chi connectivity index (χ4n) is 2.31. The Hall–Kier alpha value is -3.06. The van der Waals surface area contributed by atoms with Crippen LogP contribution in [0.5, 0.6) is 0 Å². The van der Waals surface area contributed by atoms with Crippen LogP contribution < -0.4 is 5.73 Å². The molecule has 0 bridgehead atoms. The van der Waals surface area contributed by atoms with Gasteiger partial charge in [0.1, 0.15) is 0 Å². The van der Waals surface area contributed by atoms with E-state index >= 15 is 0 Å². The van der Waals surface area contributed by atoms with Crippen LogP contribution in [0.3, 0.4) is 0 Å². The summed E-state index contributed by atoms with van der Waals surface area (Å²) in [5, 5.41) is 5.10. The lowest BCUT2D eigenvalue weighted by molar-refractivity contribution is 0.0996. The second-order valence-corrected chi connectivity index (χ2v) is 4.73. The number of nitrogens with two attached hydrogens (primary N) is 1. The van der Waals surface area contributed by atoms with Gasteiger partial charge in [-0.2, -0.15) is 5.10 Å². The van der Waals surface area contributed by atoms with Gasteiger partial charge >= 0.3 is 0 Å². The Labute approximate surface area is 122 Å². The predicted molar refractivity (Wildman–Crippen MR) is 81.7 cm³/mol. The molecule has 2 N–H and O–H groups in total. The van der Waals surface area contributed by atoms with Gasteiger partial charge in [0.2, 0.25) is 0 Å². The highest BCUT2D eigenvalue weighted by atomic mass is 16.1. The van der Waals surface area contributed by atoms with Crippen molar-refractivity contribution < 1.29 is 4.79 Å². The zero-order valence-electron chi connectivity index (χ0n) is 11.3. The molecule has 0 saturated carbocycles. The Morgan fingerprint density at radius 1 is 1.19 bits per heavy atom. The van der Waals surface area contributed by atoms with Gasteiger partial charge in [-0.25, -0.2) is 0 Å². The average Bonchev–Trinajstić information content (AvgIpc) is 2.87. The van der Waals surface area contributed by atoms with Gasteiger partial charge in [0, 0.05) is 10.9 Å². The summed E-state index contributed by atoms with van der Waals surface area (Å²) in [6, 6.07) is 15.2. The molecule has 4 heteroatoms. The van der Waals surface area contributed by atoms with Crippen molar-refractivity contribution in [2.24, 2.45) is 5.73 Å². The molecule has 0 unspecified atom stereocenters. The van der Waals surface area contributed by atoms with E-state index in [4.69, 9.17) is 12.2 Å². The lowest BCUT2D eigenvalue weighted by Gasteiger charge is -2.04. The first-order chi connectivity index (χ1) is 10.2. The number of aromatic nitrogens is 2. The molecule has 3 rings (SSSR count). The Bertz CT molecular complexity index is 854. The minimum Gasteiger partial charge on any atom is -0.364 e. The van der Waals surface area contributed by atoms with Crippen LogP contribution >= 0.6 is 0 Å². The van der Waals surface area contributed by atoms with Gasteiger partial charge in [-0.15, -0.1) is 6.42 Å². The molecule has 0 saturated heterocycles. The van der Waals surface area contributed by atoms with E-state index in [0.29, 0.717) is 12.2 Å². The molecule has 3 aromatic rings. The summed E-state index contributed by atoms with van der Waals surface area (Å²) < 4.78 is 1.78. The largest absolute Gasteiger partial charge is 0.364 e. The van der Waals surface area contributed by atoms with Gasteiger partial charge in [0.25, 0.3) is 5.91 Å². The van der Waals surface area contributed by atoms with Crippen molar-refractivity contribution in [3.8, 4) is 12.3 Å². The molecule has 0 atom stereocenters. The molecule has 0 aliphatic carbocycles. The van der Waals surface area contributed by atoms with E-state index in [9.17, 15) is 4.79 Å². The van der Waals surface area contributed by atoms with Gasteiger partial charge in [-0.1, -0.05) is 36.3 Å². The van der Waals surface area contributed by atoms with Gasteiger partial charge in [-0.3, -0.25) is 9.48 Å². The van der Waals surface area contributed by atoms with E-state index in [1.165, 1.54) is 0 Å². The van der Waals surface area contributed by atoms with Crippen LogP contribution in [0.15, 0.2) is 48.5 Å². The number of carbonyl (C=O) groups is 1. The van der Waals surface area contributed by atoms with E-state index in [2.05, 4.69) is 11.0 Å². The molecule has 1 heterocycles. The summed E-state index contributed by atoms with van der Waals surface area (Å²) in [7, 11) is 0. The third-order valence-corrected chi connectivity index (χ3v) is 3.34. The molecule has 0 aliphatic rings. The zero-order valence-corrected chi connectivity index (χ0v) is 11.3. The van der Waals surface area contributed by atoms with Crippen LogP contribution in [0.1, 0.15) is 21.6 Å². The van der Waals surface area contributed by atoms with Crippen LogP contribution in [0.25, 0.3) is 10.9 Å². The molecule has 0 fully saturated rings. The zero-order chi connectivity index (χ0) is 14.8. The number of para-hydroxylation sites is 1. The lowest BCUT2D eigenvalue weighted by Crippen LogP contribution is -2.13. The van der Waals surface area contributed by atoms with Crippen molar-refractivity contribution in [1.29, 1.82) is 0 Å². The quantitative estimate of drug-likeness (QED) is 0.745. The number of hydrogen-bond donors (Lipinski definition) is 1. The summed E-state index contributed by atoms with van der Waals surface area (Å²) >= 11 is 0. The van der Waals surface area contributed by atoms with Crippen molar-refractivity contribution >= 4 is 16.8 Å². The summed E-state index contributed by atoms with van der Waals surface area (Å²) in [4.78, 5) is 11.5. The highest BCUT2D eigenvalue weighted by Gasteiger charge is 2.14. The average molecular weight is 275 g/mol. The van der Waals surface area contributed by atoms with Crippen molar-refractivity contribution in [3.05, 3.63) is 65.4 Å². The van der Waals surface area contributed by atoms with Crippen LogP contribution in [0, 0.1) is 12.3 Å². The van der Waals surface area contributed by atoms with Gasteiger partial charge in [0.15, 0.2) is 5.69 Å².